The Hall–Kier alpha value is -0.900. The first-order valence-electron chi connectivity index (χ1n) is 5.99. The average Bonchev–Trinajstić information content (AvgIpc) is 2.72. The van der Waals surface area contributed by atoms with Crippen molar-refractivity contribution in [3.63, 3.8) is 0 Å². The van der Waals surface area contributed by atoms with Gasteiger partial charge in [-0.25, -0.2) is 9.50 Å². The summed E-state index contributed by atoms with van der Waals surface area (Å²) in [7, 11) is 0. The van der Waals surface area contributed by atoms with Crippen molar-refractivity contribution in [2.75, 3.05) is 0 Å². The smallest absolute Gasteiger partial charge is 0.212 e. The Morgan fingerprint density at radius 3 is 3.00 bits per heavy atom. The lowest BCUT2D eigenvalue weighted by Crippen LogP contribution is -2.20. The van der Waals surface area contributed by atoms with Crippen LogP contribution in [0.4, 0.5) is 0 Å². The van der Waals surface area contributed by atoms with Gasteiger partial charge in [-0.2, -0.15) is 5.10 Å². The molecule has 0 aromatic carbocycles. The third kappa shape index (κ3) is 1.47. The van der Waals surface area contributed by atoms with Gasteiger partial charge < -0.3 is 0 Å². The summed E-state index contributed by atoms with van der Waals surface area (Å²) in [6.07, 6.45) is 3.57. The second kappa shape index (κ2) is 3.55. The molecule has 0 aliphatic heterocycles. The molecular weight excluding hydrogens is 218 g/mol. The maximum absolute atomic E-state index is 4.69. The van der Waals surface area contributed by atoms with Crippen molar-refractivity contribution >= 4 is 16.3 Å². The van der Waals surface area contributed by atoms with Gasteiger partial charge in [-0.15, -0.1) is 0 Å². The highest BCUT2D eigenvalue weighted by Gasteiger charge is 2.26. The maximum atomic E-state index is 4.69. The number of aromatic nitrogens is 3. The first kappa shape index (κ1) is 10.3. The Morgan fingerprint density at radius 2 is 2.25 bits per heavy atom. The number of rotatable bonds is 1. The van der Waals surface area contributed by atoms with E-state index < -0.39 is 0 Å². The standard InChI is InChI=1S/C12H17N3S/c1-7(2)9-4-5-10-11(6-9)15-12(13-10)16-8(3)14-15/h7,9H,4-6H2,1-3H3. The van der Waals surface area contributed by atoms with Gasteiger partial charge >= 0.3 is 0 Å². The number of hydrogen-bond acceptors (Lipinski definition) is 3. The van der Waals surface area contributed by atoms with E-state index in [4.69, 9.17) is 0 Å². The lowest BCUT2D eigenvalue weighted by molar-refractivity contribution is 0.336. The minimum absolute atomic E-state index is 0.762. The van der Waals surface area contributed by atoms with Crippen molar-refractivity contribution in [3.05, 3.63) is 16.4 Å². The minimum atomic E-state index is 0.762. The molecule has 2 heterocycles. The summed E-state index contributed by atoms with van der Waals surface area (Å²) < 4.78 is 2.07. The van der Waals surface area contributed by atoms with Crippen molar-refractivity contribution in [1.29, 1.82) is 0 Å². The summed E-state index contributed by atoms with van der Waals surface area (Å²) in [4.78, 5) is 5.76. The summed E-state index contributed by atoms with van der Waals surface area (Å²) in [5.41, 5.74) is 2.65. The fourth-order valence-electron chi connectivity index (χ4n) is 2.57. The fourth-order valence-corrected chi connectivity index (χ4v) is 3.35. The van der Waals surface area contributed by atoms with Crippen molar-refractivity contribution in [3.8, 4) is 0 Å². The number of imidazole rings is 1. The lowest BCUT2D eigenvalue weighted by atomic mass is 9.82. The van der Waals surface area contributed by atoms with E-state index in [-0.39, 0.29) is 0 Å². The highest BCUT2D eigenvalue weighted by Crippen LogP contribution is 2.31. The molecule has 3 nitrogen and oxygen atoms in total. The predicted molar refractivity (Wildman–Crippen MR) is 66.0 cm³/mol. The van der Waals surface area contributed by atoms with Crippen molar-refractivity contribution in [2.45, 2.75) is 40.0 Å². The Kier molecular flexibility index (Phi) is 2.28. The van der Waals surface area contributed by atoms with Crippen molar-refractivity contribution < 1.29 is 0 Å². The van der Waals surface area contributed by atoms with E-state index in [2.05, 4.69) is 35.4 Å². The van der Waals surface area contributed by atoms with Crippen LogP contribution in [0.25, 0.3) is 4.96 Å². The first-order valence-corrected chi connectivity index (χ1v) is 6.80. The molecule has 0 N–H and O–H groups in total. The van der Waals surface area contributed by atoms with Crippen molar-refractivity contribution in [1.82, 2.24) is 14.6 Å². The van der Waals surface area contributed by atoms with Crippen LogP contribution >= 0.6 is 11.3 Å². The summed E-state index contributed by atoms with van der Waals surface area (Å²) in [6.45, 7) is 6.69. The maximum Gasteiger partial charge on any atom is 0.212 e. The van der Waals surface area contributed by atoms with Crippen LogP contribution in [0.3, 0.4) is 0 Å². The molecule has 1 unspecified atom stereocenters. The zero-order chi connectivity index (χ0) is 11.3. The van der Waals surface area contributed by atoms with Gasteiger partial charge in [-0.1, -0.05) is 25.2 Å². The van der Waals surface area contributed by atoms with Crippen LogP contribution in [0.2, 0.25) is 0 Å². The Balaban J connectivity index is 2.06. The molecule has 1 aliphatic carbocycles. The van der Waals surface area contributed by atoms with Crippen LogP contribution in [0.1, 0.15) is 36.7 Å². The van der Waals surface area contributed by atoms with E-state index in [0.29, 0.717) is 0 Å². The predicted octanol–water partition coefficient (Wildman–Crippen LogP) is 2.86. The van der Waals surface area contributed by atoms with E-state index in [1.165, 1.54) is 17.8 Å². The average molecular weight is 235 g/mol. The molecule has 0 fully saturated rings. The number of fused-ring (bicyclic) bond motifs is 3. The minimum Gasteiger partial charge on any atom is -0.222 e. The normalized spacial score (nSPS) is 20.6. The molecule has 4 heteroatoms. The first-order chi connectivity index (χ1) is 7.65. The molecular formula is C12H17N3S. The third-order valence-corrected chi connectivity index (χ3v) is 4.45. The fraction of sp³-hybridized carbons (Fsp3) is 0.667. The largest absolute Gasteiger partial charge is 0.222 e. The molecule has 0 amide bonds. The number of hydrogen-bond donors (Lipinski definition) is 0. The molecule has 3 rings (SSSR count). The van der Waals surface area contributed by atoms with Gasteiger partial charge in [0.25, 0.3) is 0 Å². The second-order valence-corrected chi connectivity index (χ2v) is 6.23. The molecule has 0 saturated carbocycles. The highest BCUT2D eigenvalue weighted by atomic mass is 32.1. The Morgan fingerprint density at radius 1 is 1.44 bits per heavy atom. The van der Waals surface area contributed by atoms with Gasteiger partial charge in [0.2, 0.25) is 4.96 Å². The van der Waals surface area contributed by atoms with Crippen LogP contribution in [0, 0.1) is 18.8 Å². The molecule has 0 spiro atoms. The molecule has 2 aromatic rings. The monoisotopic (exact) mass is 235 g/mol. The lowest BCUT2D eigenvalue weighted by Gasteiger charge is -2.24. The van der Waals surface area contributed by atoms with Gasteiger partial charge in [0.05, 0.1) is 11.4 Å². The molecule has 0 saturated heterocycles. The molecule has 1 atom stereocenters. The summed E-state index contributed by atoms with van der Waals surface area (Å²) in [6, 6.07) is 0. The molecule has 2 aromatic heterocycles. The van der Waals surface area contributed by atoms with E-state index in [9.17, 15) is 0 Å². The van der Waals surface area contributed by atoms with Gasteiger partial charge in [0.15, 0.2) is 0 Å². The summed E-state index contributed by atoms with van der Waals surface area (Å²) in [5.74, 6) is 1.56. The zero-order valence-corrected chi connectivity index (χ0v) is 10.8. The van der Waals surface area contributed by atoms with Crippen molar-refractivity contribution in [2.24, 2.45) is 11.8 Å². The van der Waals surface area contributed by atoms with Gasteiger partial charge in [0, 0.05) is 0 Å². The van der Waals surface area contributed by atoms with E-state index >= 15 is 0 Å². The number of nitrogens with zero attached hydrogens (tertiary/aromatic N) is 3. The second-order valence-electron chi connectivity index (χ2n) is 5.07. The van der Waals surface area contributed by atoms with Gasteiger partial charge in [-0.3, -0.25) is 0 Å². The topological polar surface area (TPSA) is 30.2 Å². The van der Waals surface area contributed by atoms with E-state index in [0.717, 1.165) is 34.6 Å². The third-order valence-electron chi connectivity index (χ3n) is 3.63. The highest BCUT2D eigenvalue weighted by molar-refractivity contribution is 7.16. The van der Waals surface area contributed by atoms with E-state index in [1.807, 2.05) is 0 Å². The van der Waals surface area contributed by atoms with Gasteiger partial charge in [-0.05, 0) is 38.0 Å². The summed E-state index contributed by atoms with van der Waals surface area (Å²) in [5, 5.41) is 5.66. The molecule has 86 valence electrons. The van der Waals surface area contributed by atoms with Crippen LogP contribution in [0.5, 0.6) is 0 Å². The summed E-state index contributed by atoms with van der Waals surface area (Å²) >= 11 is 1.70. The zero-order valence-electron chi connectivity index (χ0n) is 10.0. The van der Waals surface area contributed by atoms with Crippen LogP contribution in [-0.4, -0.2) is 14.6 Å². The molecule has 16 heavy (non-hydrogen) atoms. The Bertz CT molecular complexity index is 524. The quantitative estimate of drug-likeness (QED) is 0.761. The van der Waals surface area contributed by atoms with Crippen LogP contribution < -0.4 is 0 Å². The molecule has 1 aliphatic rings. The van der Waals surface area contributed by atoms with Crippen LogP contribution in [0.15, 0.2) is 0 Å². The SMILES string of the molecule is Cc1nn2c3c(nc2s1)CCC(C(C)C)C3. The Labute approximate surface area is 99.5 Å². The number of aryl methyl sites for hydroxylation is 2. The van der Waals surface area contributed by atoms with E-state index in [1.54, 1.807) is 11.3 Å². The van der Waals surface area contributed by atoms with Crippen LogP contribution in [-0.2, 0) is 12.8 Å². The molecule has 0 bridgehead atoms. The molecule has 0 radical (unpaired) electrons. The van der Waals surface area contributed by atoms with Gasteiger partial charge in [0.1, 0.15) is 5.01 Å².